The van der Waals surface area contributed by atoms with Gasteiger partial charge in [-0.3, -0.25) is 19.3 Å². The molecule has 1 aromatic carbocycles. The fourth-order valence-corrected chi connectivity index (χ4v) is 5.34. The lowest BCUT2D eigenvalue weighted by Crippen LogP contribution is -2.46. The van der Waals surface area contributed by atoms with Crippen LogP contribution in [0.15, 0.2) is 48.9 Å². The predicted octanol–water partition coefficient (Wildman–Crippen LogP) is 4.95. The molecule has 3 aromatic heterocycles. The summed E-state index contributed by atoms with van der Waals surface area (Å²) in [5, 5.41) is 10.8. The number of benzene rings is 1. The maximum atomic E-state index is 13.5. The van der Waals surface area contributed by atoms with Crippen molar-refractivity contribution in [2.45, 2.75) is 38.5 Å². The Labute approximate surface area is 251 Å². The quantitative estimate of drug-likeness (QED) is 0.282. The first-order valence-electron chi connectivity index (χ1n) is 13.9. The minimum Gasteiger partial charge on any atom is -0.497 e. The summed E-state index contributed by atoms with van der Waals surface area (Å²) < 4.78 is 51.5. The molecule has 1 fully saturated rings. The number of piperidine rings is 1. The third-order valence-corrected chi connectivity index (χ3v) is 7.69. The first-order chi connectivity index (χ1) is 21.0. The highest BCUT2D eigenvalue weighted by Crippen LogP contribution is 2.35. The predicted molar refractivity (Wildman–Crippen MR) is 156 cm³/mol. The van der Waals surface area contributed by atoms with Crippen LogP contribution in [-0.2, 0) is 29.4 Å². The van der Waals surface area contributed by atoms with Crippen LogP contribution < -0.4 is 20.1 Å². The van der Waals surface area contributed by atoms with Crippen LogP contribution in [0.3, 0.4) is 0 Å². The molecule has 232 valence electrons. The molecule has 2 unspecified atom stereocenters. The Morgan fingerprint density at radius 1 is 1.05 bits per heavy atom. The number of carbonyl (C=O) groups is 2. The summed E-state index contributed by atoms with van der Waals surface area (Å²) in [7, 11) is 4.88. The Morgan fingerprint density at radius 2 is 1.84 bits per heavy atom. The maximum Gasteiger partial charge on any atom is 0.417 e. The highest BCUT2D eigenvalue weighted by atomic mass is 19.4. The molecule has 1 aliphatic heterocycles. The van der Waals surface area contributed by atoms with Gasteiger partial charge in [-0.05, 0) is 43.0 Å². The third-order valence-electron chi connectivity index (χ3n) is 7.69. The second kappa shape index (κ2) is 12.4. The van der Waals surface area contributed by atoms with Gasteiger partial charge in [0.25, 0.3) is 0 Å². The summed E-state index contributed by atoms with van der Waals surface area (Å²) >= 11 is 0. The van der Waals surface area contributed by atoms with E-state index in [4.69, 9.17) is 9.47 Å². The van der Waals surface area contributed by atoms with E-state index in [0.717, 1.165) is 24.2 Å². The fourth-order valence-electron chi connectivity index (χ4n) is 5.34. The molecule has 0 saturated carbocycles. The SMILES string of the molecule is COc1ccc(CNc2ncc(NC(=O)C(=O)N3CC(C)CCC3c3ccc(C(F)(F)F)cn3)c3cnn(C)c23)c(OC)c1. The molecule has 1 aliphatic rings. The molecule has 11 nitrogen and oxygen atoms in total. The molecular formula is C30H32F3N7O4. The number of likely N-dealkylation sites (tertiary alicyclic amines) is 1. The lowest BCUT2D eigenvalue weighted by Gasteiger charge is -2.38. The number of ether oxygens (including phenoxy) is 2. The van der Waals surface area contributed by atoms with Gasteiger partial charge in [0.15, 0.2) is 5.82 Å². The van der Waals surface area contributed by atoms with E-state index in [1.807, 2.05) is 19.1 Å². The average molecular weight is 612 g/mol. The second-order valence-corrected chi connectivity index (χ2v) is 10.7. The zero-order valence-corrected chi connectivity index (χ0v) is 24.6. The minimum absolute atomic E-state index is 0.0961. The number of aryl methyl sites for hydroxylation is 1. The Kier molecular flexibility index (Phi) is 8.61. The van der Waals surface area contributed by atoms with Crippen molar-refractivity contribution in [3.05, 3.63) is 65.7 Å². The topological polar surface area (TPSA) is 123 Å². The molecule has 0 spiro atoms. The maximum absolute atomic E-state index is 13.5. The van der Waals surface area contributed by atoms with Gasteiger partial charge in [-0.15, -0.1) is 0 Å². The number of pyridine rings is 2. The van der Waals surface area contributed by atoms with E-state index in [-0.39, 0.29) is 18.2 Å². The van der Waals surface area contributed by atoms with E-state index >= 15 is 0 Å². The highest BCUT2D eigenvalue weighted by molar-refractivity contribution is 6.40. The lowest BCUT2D eigenvalue weighted by atomic mass is 9.91. The van der Waals surface area contributed by atoms with E-state index < -0.39 is 29.6 Å². The van der Waals surface area contributed by atoms with Gasteiger partial charge >= 0.3 is 18.0 Å². The number of anilines is 2. The number of hydrogen-bond donors (Lipinski definition) is 2. The van der Waals surface area contributed by atoms with Crippen LogP contribution in [0.5, 0.6) is 11.5 Å². The average Bonchev–Trinajstić information content (AvgIpc) is 3.41. The van der Waals surface area contributed by atoms with Crippen molar-refractivity contribution in [3.8, 4) is 11.5 Å². The van der Waals surface area contributed by atoms with E-state index in [0.29, 0.717) is 46.9 Å². The number of nitrogens with one attached hydrogen (secondary N) is 2. The van der Waals surface area contributed by atoms with Gasteiger partial charge in [0, 0.05) is 43.4 Å². The van der Waals surface area contributed by atoms with E-state index in [1.165, 1.54) is 17.2 Å². The number of amides is 2. The number of methoxy groups -OCH3 is 2. The third kappa shape index (κ3) is 6.24. The molecule has 0 bridgehead atoms. The number of hydrogen-bond acceptors (Lipinski definition) is 8. The molecule has 4 heterocycles. The summed E-state index contributed by atoms with van der Waals surface area (Å²) in [5.74, 6) is 0.186. The molecule has 0 aliphatic carbocycles. The number of aromatic nitrogens is 4. The number of nitrogens with zero attached hydrogens (tertiary/aromatic N) is 5. The van der Waals surface area contributed by atoms with Gasteiger partial charge < -0.3 is 25.0 Å². The molecule has 2 atom stereocenters. The summed E-state index contributed by atoms with van der Waals surface area (Å²) in [4.78, 5) is 36.6. The molecule has 4 aromatic rings. The van der Waals surface area contributed by atoms with Gasteiger partial charge in [-0.2, -0.15) is 18.3 Å². The smallest absolute Gasteiger partial charge is 0.417 e. The van der Waals surface area contributed by atoms with Crippen LogP contribution in [-0.4, -0.2) is 57.2 Å². The van der Waals surface area contributed by atoms with Crippen molar-refractivity contribution in [3.63, 3.8) is 0 Å². The van der Waals surface area contributed by atoms with Gasteiger partial charge in [0.05, 0.1) is 49.6 Å². The standard InChI is InChI=1S/C30H32F3N7O4/c1-17-5-10-24(22-9-7-19(13-34-22)30(31,32)33)40(16-17)29(42)28(41)38-23-15-36-27(26-21(23)14-37-39(26)2)35-12-18-6-8-20(43-3)11-25(18)44-4/h6-9,11,13-15,17,24H,5,10,12,16H2,1-4H3,(H,35,36)(H,38,41). The van der Waals surface area contributed by atoms with Crippen LogP contribution in [0, 0.1) is 5.92 Å². The van der Waals surface area contributed by atoms with Crippen molar-refractivity contribution in [2.75, 3.05) is 31.4 Å². The molecular weight excluding hydrogens is 579 g/mol. The summed E-state index contributed by atoms with van der Waals surface area (Å²) in [6.07, 6.45) is 0.426. The Morgan fingerprint density at radius 3 is 2.52 bits per heavy atom. The Hall–Kier alpha value is -4.88. The van der Waals surface area contributed by atoms with E-state index in [2.05, 4.69) is 25.7 Å². The first-order valence-corrected chi connectivity index (χ1v) is 13.9. The van der Waals surface area contributed by atoms with Crippen molar-refractivity contribution < 1.29 is 32.2 Å². The normalized spacial score (nSPS) is 16.9. The van der Waals surface area contributed by atoms with Gasteiger partial charge in [0.1, 0.15) is 17.0 Å². The summed E-state index contributed by atoms with van der Waals surface area (Å²) in [5.41, 5.74) is 1.16. The first kappa shape index (κ1) is 30.6. The van der Waals surface area contributed by atoms with E-state index in [9.17, 15) is 22.8 Å². The molecule has 1 saturated heterocycles. The minimum atomic E-state index is -4.53. The largest absolute Gasteiger partial charge is 0.497 e. The molecule has 5 rings (SSSR count). The van der Waals surface area contributed by atoms with Crippen LogP contribution in [0.1, 0.15) is 42.6 Å². The van der Waals surface area contributed by atoms with Crippen molar-refractivity contribution in [1.29, 1.82) is 0 Å². The molecule has 2 N–H and O–H groups in total. The van der Waals surface area contributed by atoms with Crippen molar-refractivity contribution in [2.24, 2.45) is 13.0 Å². The van der Waals surface area contributed by atoms with Crippen molar-refractivity contribution in [1.82, 2.24) is 24.6 Å². The van der Waals surface area contributed by atoms with Crippen molar-refractivity contribution >= 4 is 34.2 Å². The number of rotatable bonds is 7. The van der Waals surface area contributed by atoms with Gasteiger partial charge in [-0.1, -0.05) is 6.92 Å². The number of alkyl halides is 3. The van der Waals surface area contributed by atoms with Crippen LogP contribution in [0.25, 0.3) is 10.9 Å². The monoisotopic (exact) mass is 611 g/mol. The molecule has 0 radical (unpaired) electrons. The molecule has 44 heavy (non-hydrogen) atoms. The zero-order chi connectivity index (χ0) is 31.6. The number of halogens is 3. The molecule has 14 heteroatoms. The van der Waals surface area contributed by atoms with E-state index in [1.54, 1.807) is 38.2 Å². The van der Waals surface area contributed by atoms with Crippen LogP contribution in [0.4, 0.5) is 24.7 Å². The highest BCUT2D eigenvalue weighted by Gasteiger charge is 2.36. The summed E-state index contributed by atoms with van der Waals surface area (Å²) in [6.45, 7) is 2.58. The van der Waals surface area contributed by atoms with Gasteiger partial charge in [-0.25, -0.2) is 4.98 Å². The van der Waals surface area contributed by atoms with Gasteiger partial charge in [0.2, 0.25) is 0 Å². The Balaban J connectivity index is 1.35. The second-order valence-electron chi connectivity index (χ2n) is 10.7. The number of carbonyl (C=O) groups excluding carboxylic acids is 2. The fraction of sp³-hybridized carbons (Fsp3) is 0.367. The zero-order valence-electron chi connectivity index (χ0n) is 24.6. The lowest BCUT2D eigenvalue weighted by molar-refractivity contribution is -0.146. The number of fused-ring (bicyclic) bond motifs is 1. The summed E-state index contributed by atoms with van der Waals surface area (Å²) in [6, 6.07) is 7.04. The molecule has 2 amide bonds. The Bertz CT molecular complexity index is 1670. The van der Waals surface area contributed by atoms with Crippen LogP contribution in [0.2, 0.25) is 0 Å². The van der Waals surface area contributed by atoms with Crippen LogP contribution >= 0.6 is 0 Å².